The van der Waals surface area contributed by atoms with Crippen molar-refractivity contribution in [1.82, 2.24) is 9.21 Å². The molecule has 0 radical (unpaired) electrons. The molecular weight excluding hydrogens is 467 g/mol. The van der Waals surface area contributed by atoms with Crippen LogP contribution in [0.1, 0.15) is 25.3 Å². The molecule has 1 atom stereocenters. The van der Waals surface area contributed by atoms with Gasteiger partial charge in [0, 0.05) is 36.2 Å². The lowest BCUT2D eigenvalue weighted by Crippen LogP contribution is -2.46. The van der Waals surface area contributed by atoms with E-state index in [1.807, 2.05) is 6.92 Å². The van der Waals surface area contributed by atoms with Gasteiger partial charge in [-0.2, -0.15) is 4.31 Å². The number of benzene rings is 1. The summed E-state index contributed by atoms with van der Waals surface area (Å²) in [5, 5.41) is 1.73. The third-order valence-electron chi connectivity index (χ3n) is 4.88. The van der Waals surface area contributed by atoms with Crippen LogP contribution in [-0.4, -0.2) is 43.2 Å². The molecule has 1 saturated heterocycles. The fraction of sp³-hybridized carbons (Fsp3) is 0.421. The quantitative estimate of drug-likeness (QED) is 0.614. The maximum absolute atomic E-state index is 14.1. The SMILES string of the molecule is CCN(Cc1cc(Br)ccc1F)C(=O)C1CCCN(S(=O)(=O)c2cccs2)C1. The molecule has 0 aliphatic carbocycles. The van der Waals surface area contributed by atoms with Gasteiger partial charge in [-0.3, -0.25) is 4.79 Å². The van der Waals surface area contributed by atoms with E-state index in [1.54, 1.807) is 34.5 Å². The number of hydrogen-bond acceptors (Lipinski definition) is 4. The third-order valence-corrected chi connectivity index (χ3v) is 8.62. The maximum Gasteiger partial charge on any atom is 0.252 e. The Kier molecular flexibility index (Phi) is 6.90. The number of nitrogens with zero attached hydrogens (tertiary/aromatic N) is 2. The van der Waals surface area contributed by atoms with Gasteiger partial charge in [0.2, 0.25) is 5.91 Å². The van der Waals surface area contributed by atoms with Gasteiger partial charge in [0.1, 0.15) is 10.0 Å². The summed E-state index contributed by atoms with van der Waals surface area (Å²) >= 11 is 4.51. The Morgan fingerprint density at radius 2 is 2.18 bits per heavy atom. The summed E-state index contributed by atoms with van der Waals surface area (Å²) in [6.07, 6.45) is 1.26. The van der Waals surface area contributed by atoms with Crippen LogP contribution in [0, 0.1) is 11.7 Å². The van der Waals surface area contributed by atoms with Crippen LogP contribution >= 0.6 is 27.3 Å². The Bertz CT molecular complexity index is 935. The number of sulfonamides is 1. The van der Waals surface area contributed by atoms with Crippen LogP contribution in [0.25, 0.3) is 0 Å². The number of thiophene rings is 1. The van der Waals surface area contributed by atoms with E-state index in [-0.39, 0.29) is 24.8 Å². The van der Waals surface area contributed by atoms with Crippen molar-refractivity contribution in [3.8, 4) is 0 Å². The second-order valence-corrected chi connectivity index (χ2v) is 10.8. The largest absolute Gasteiger partial charge is 0.338 e. The minimum Gasteiger partial charge on any atom is -0.338 e. The van der Waals surface area contributed by atoms with E-state index in [2.05, 4.69) is 15.9 Å². The maximum atomic E-state index is 14.1. The summed E-state index contributed by atoms with van der Waals surface area (Å²) in [6, 6.07) is 7.94. The van der Waals surface area contributed by atoms with Gasteiger partial charge in [-0.25, -0.2) is 12.8 Å². The first-order chi connectivity index (χ1) is 13.3. The molecule has 1 aliphatic rings. The second-order valence-electron chi connectivity index (χ2n) is 6.72. The summed E-state index contributed by atoms with van der Waals surface area (Å²) in [7, 11) is -3.57. The Morgan fingerprint density at radius 1 is 1.39 bits per heavy atom. The second kappa shape index (κ2) is 9.02. The third kappa shape index (κ3) is 4.64. The van der Waals surface area contributed by atoms with Crippen molar-refractivity contribution < 1.29 is 17.6 Å². The Balaban J connectivity index is 1.74. The molecule has 1 unspecified atom stereocenters. The zero-order valence-electron chi connectivity index (χ0n) is 15.5. The van der Waals surface area contributed by atoms with Crippen molar-refractivity contribution >= 4 is 43.2 Å². The molecule has 1 aromatic heterocycles. The van der Waals surface area contributed by atoms with Gasteiger partial charge >= 0.3 is 0 Å². The highest BCUT2D eigenvalue weighted by atomic mass is 79.9. The highest BCUT2D eigenvalue weighted by molar-refractivity contribution is 9.10. The van der Waals surface area contributed by atoms with Crippen molar-refractivity contribution in [3.63, 3.8) is 0 Å². The minimum absolute atomic E-state index is 0.132. The lowest BCUT2D eigenvalue weighted by molar-refractivity contribution is -0.137. The molecule has 1 aromatic carbocycles. The van der Waals surface area contributed by atoms with Crippen LogP contribution in [0.3, 0.4) is 0 Å². The lowest BCUT2D eigenvalue weighted by atomic mass is 9.97. The summed E-state index contributed by atoms with van der Waals surface area (Å²) in [6.45, 7) is 3.01. The molecule has 9 heteroatoms. The average Bonchev–Trinajstić information content (AvgIpc) is 3.24. The number of amides is 1. The Labute approximate surface area is 177 Å². The van der Waals surface area contributed by atoms with Gasteiger partial charge in [-0.1, -0.05) is 22.0 Å². The van der Waals surface area contributed by atoms with Crippen LogP contribution in [0.4, 0.5) is 4.39 Å². The van der Waals surface area contributed by atoms with E-state index >= 15 is 0 Å². The molecule has 0 saturated carbocycles. The molecule has 2 aromatic rings. The van der Waals surface area contributed by atoms with Gasteiger partial charge in [-0.15, -0.1) is 11.3 Å². The van der Waals surface area contributed by atoms with Gasteiger partial charge in [0.05, 0.1) is 5.92 Å². The van der Waals surface area contributed by atoms with E-state index in [4.69, 9.17) is 0 Å². The molecule has 0 bridgehead atoms. The number of carbonyl (C=O) groups excluding carboxylic acids is 1. The molecule has 28 heavy (non-hydrogen) atoms. The van der Waals surface area contributed by atoms with E-state index in [9.17, 15) is 17.6 Å². The number of carbonyl (C=O) groups is 1. The predicted molar refractivity (Wildman–Crippen MR) is 111 cm³/mol. The molecule has 1 aliphatic heterocycles. The monoisotopic (exact) mass is 488 g/mol. The normalized spacial score (nSPS) is 18.2. The van der Waals surface area contributed by atoms with E-state index in [0.717, 1.165) is 4.47 Å². The summed E-state index contributed by atoms with van der Waals surface area (Å²) in [5.41, 5.74) is 0.434. The average molecular weight is 489 g/mol. The number of piperidine rings is 1. The molecule has 2 heterocycles. The van der Waals surface area contributed by atoms with Crippen LogP contribution in [0.2, 0.25) is 0 Å². The standard InChI is InChI=1S/C19H22BrFN2O3S2/c1-2-22(12-15-11-16(20)7-8-17(15)21)19(24)14-5-3-9-23(13-14)28(25,26)18-6-4-10-27-18/h4,6-8,10-11,14H,2-3,5,9,12-13H2,1H3. The molecule has 5 nitrogen and oxygen atoms in total. The van der Waals surface area contributed by atoms with E-state index < -0.39 is 15.9 Å². The van der Waals surface area contributed by atoms with Crippen molar-refractivity contribution in [2.24, 2.45) is 5.92 Å². The minimum atomic E-state index is -3.57. The summed E-state index contributed by atoms with van der Waals surface area (Å²) < 4.78 is 42.1. The molecule has 0 spiro atoms. The Morgan fingerprint density at radius 3 is 2.86 bits per heavy atom. The first-order valence-corrected chi connectivity index (χ1v) is 12.2. The van der Waals surface area contributed by atoms with E-state index in [0.29, 0.717) is 35.7 Å². The number of rotatable bonds is 6. The van der Waals surface area contributed by atoms with Gasteiger partial charge in [0.15, 0.2) is 0 Å². The van der Waals surface area contributed by atoms with Gasteiger partial charge in [0.25, 0.3) is 10.0 Å². The van der Waals surface area contributed by atoms with Crippen molar-refractivity contribution in [1.29, 1.82) is 0 Å². The lowest BCUT2D eigenvalue weighted by Gasteiger charge is -2.34. The smallest absolute Gasteiger partial charge is 0.252 e. The molecule has 0 N–H and O–H groups in total. The topological polar surface area (TPSA) is 57.7 Å². The van der Waals surface area contributed by atoms with E-state index in [1.165, 1.54) is 21.7 Å². The fourth-order valence-electron chi connectivity index (χ4n) is 3.37. The predicted octanol–water partition coefficient (Wildman–Crippen LogP) is 4.10. The molecule has 152 valence electrons. The van der Waals surface area contributed by atoms with Gasteiger partial charge < -0.3 is 4.90 Å². The first-order valence-electron chi connectivity index (χ1n) is 9.09. The van der Waals surface area contributed by atoms with Crippen molar-refractivity contribution in [3.05, 3.63) is 51.6 Å². The first kappa shape index (κ1) is 21.4. The summed E-state index contributed by atoms with van der Waals surface area (Å²) in [5.74, 6) is -0.911. The van der Waals surface area contributed by atoms with Crippen LogP contribution in [-0.2, 0) is 21.4 Å². The zero-order valence-corrected chi connectivity index (χ0v) is 18.7. The molecule has 3 rings (SSSR count). The van der Waals surface area contributed by atoms with Crippen LogP contribution in [0.5, 0.6) is 0 Å². The molecular formula is C19H22BrFN2O3S2. The zero-order chi connectivity index (χ0) is 20.3. The van der Waals surface area contributed by atoms with Crippen molar-refractivity contribution in [2.45, 2.75) is 30.5 Å². The highest BCUT2D eigenvalue weighted by Gasteiger charge is 2.35. The summed E-state index contributed by atoms with van der Waals surface area (Å²) in [4.78, 5) is 14.7. The van der Waals surface area contributed by atoms with Crippen LogP contribution < -0.4 is 0 Å². The fourth-order valence-corrected chi connectivity index (χ4v) is 6.45. The Hall–Kier alpha value is -1.29. The van der Waals surface area contributed by atoms with Gasteiger partial charge in [-0.05, 0) is 49.4 Å². The number of hydrogen-bond donors (Lipinski definition) is 0. The highest BCUT2D eigenvalue weighted by Crippen LogP contribution is 2.28. The van der Waals surface area contributed by atoms with Crippen LogP contribution in [0.15, 0.2) is 44.4 Å². The molecule has 1 amide bonds. The number of halogens is 2. The van der Waals surface area contributed by atoms with Crippen molar-refractivity contribution in [2.75, 3.05) is 19.6 Å². The molecule has 1 fully saturated rings.